The van der Waals surface area contributed by atoms with Crippen molar-refractivity contribution in [1.82, 2.24) is 10.3 Å². The number of aromatic nitrogens is 1. The number of nitrogens with two attached hydrogens (primary N) is 1. The molecule has 5 N–H and O–H groups in total. The number of benzene rings is 2. The van der Waals surface area contributed by atoms with Gasteiger partial charge in [-0.15, -0.1) is 0 Å². The van der Waals surface area contributed by atoms with Gasteiger partial charge in [0.2, 0.25) is 0 Å². The molecule has 0 bridgehead atoms. The third-order valence-electron chi connectivity index (χ3n) is 4.16. The number of pyridine rings is 1. The summed E-state index contributed by atoms with van der Waals surface area (Å²) in [7, 11) is 1.49. The number of amides is 3. The number of nitrogens with zero attached hydrogens (tertiary/aromatic N) is 1. The number of halogens is 3. The van der Waals surface area contributed by atoms with Gasteiger partial charge in [0.1, 0.15) is 17.2 Å². The summed E-state index contributed by atoms with van der Waals surface area (Å²) in [6.45, 7) is 0. The van der Waals surface area contributed by atoms with Crippen molar-refractivity contribution in [1.29, 1.82) is 0 Å². The van der Waals surface area contributed by atoms with Gasteiger partial charge >= 0.3 is 12.2 Å². The number of anilines is 3. The molecule has 166 valence electrons. The number of hydrogen-bond acceptors (Lipinski definition) is 5. The number of hydrogen-bond donors (Lipinski definition) is 4. The molecule has 0 saturated heterocycles. The Bertz CT molecular complexity index is 1130. The first-order valence-corrected chi connectivity index (χ1v) is 9.16. The van der Waals surface area contributed by atoms with Gasteiger partial charge in [-0.1, -0.05) is 0 Å². The smallest absolute Gasteiger partial charge is 0.418 e. The fourth-order valence-corrected chi connectivity index (χ4v) is 2.64. The zero-order valence-corrected chi connectivity index (χ0v) is 16.7. The van der Waals surface area contributed by atoms with Crippen LogP contribution in [0.25, 0.3) is 0 Å². The van der Waals surface area contributed by atoms with Crippen LogP contribution in [0.1, 0.15) is 16.1 Å². The predicted molar refractivity (Wildman–Crippen MR) is 113 cm³/mol. The molecule has 8 nitrogen and oxygen atoms in total. The number of carbonyl (C=O) groups is 2. The number of rotatable bonds is 5. The number of nitrogens with one attached hydrogen (secondary N) is 3. The van der Waals surface area contributed by atoms with Gasteiger partial charge in [0, 0.05) is 36.4 Å². The van der Waals surface area contributed by atoms with Gasteiger partial charge in [-0.3, -0.25) is 9.78 Å². The van der Waals surface area contributed by atoms with Gasteiger partial charge in [0.05, 0.1) is 5.56 Å². The normalized spacial score (nSPS) is 10.9. The van der Waals surface area contributed by atoms with Crippen molar-refractivity contribution in [2.45, 2.75) is 6.18 Å². The van der Waals surface area contributed by atoms with Crippen LogP contribution in [0.2, 0.25) is 0 Å². The predicted octanol–water partition coefficient (Wildman–Crippen LogP) is 4.48. The summed E-state index contributed by atoms with van der Waals surface area (Å²) in [6, 6.07) is 11.6. The fraction of sp³-hybridized carbons (Fsp3) is 0.0952. The third-order valence-corrected chi connectivity index (χ3v) is 4.16. The standard InChI is InChI=1S/C21H18F3N5O3/c1-26-19(30)18-11-15(8-9-27-18)32-14-5-2-12(3-6-14)28-20(31)29-13-4-7-17(25)16(10-13)21(22,23)24/h2-11H,25H2,1H3,(H,26,30)(H2,28,29,31). The molecule has 0 atom stereocenters. The fourth-order valence-electron chi connectivity index (χ4n) is 2.64. The molecule has 3 amide bonds. The summed E-state index contributed by atoms with van der Waals surface area (Å²) in [5.74, 6) is 0.462. The Balaban J connectivity index is 1.62. The average molecular weight is 445 g/mol. The van der Waals surface area contributed by atoms with Crippen LogP contribution in [0.15, 0.2) is 60.8 Å². The molecule has 0 radical (unpaired) electrons. The van der Waals surface area contributed by atoms with Crippen molar-refractivity contribution in [3.05, 3.63) is 72.1 Å². The van der Waals surface area contributed by atoms with E-state index < -0.39 is 23.5 Å². The van der Waals surface area contributed by atoms with Crippen molar-refractivity contribution < 1.29 is 27.5 Å². The van der Waals surface area contributed by atoms with Crippen LogP contribution >= 0.6 is 0 Å². The molecule has 0 fully saturated rings. The Labute approximate surface area is 180 Å². The molecule has 0 spiro atoms. The van der Waals surface area contributed by atoms with E-state index in [0.29, 0.717) is 17.2 Å². The summed E-state index contributed by atoms with van der Waals surface area (Å²) < 4.78 is 44.5. The van der Waals surface area contributed by atoms with Crippen molar-refractivity contribution >= 4 is 29.0 Å². The Morgan fingerprint density at radius 1 is 0.938 bits per heavy atom. The zero-order chi connectivity index (χ0) is 23.3. The lowest BCUT2D eigenvalue weighted by Crippen LogP contribution is -2.20. The number of alkyl halides is 3. The highest BCUT2D eigenvalue weighted by Crippen LogP contribution is 2.35. The number of nitrogen functional groups attached to an aromatic ring is 1. The highest BCUT2D eigenvalue weighted by Gasteiger charge is 2.33. The lowest BCUT2D eigenvalue weighted by atomic mass is 10.1. The molecule has 32 heavy (non-hydrogen) atoms. The molecule has 3 rings (SSSR count). The third kappa shape index (κ3) is 5.65. The maximum absolute atomic E-state index is 12.9. The molecule has 0 unspecified atom stereocenters. The molecule has 11 heteroatoms. The Morgan fingerprint density at radius 3 is 2.25 bits per heavy atom. The summed E-state index contributed by atoms with van der Waals surface area (Å²) >= 11 is 0. The molecule has 3 aromatic rings. The summed E-state index contributed by atoms with van der Waals surface area (Å²) in [5.41, 5.74) is 4.38. The first-order chi connectivity index (χ1) is 15.2. The summed E-state index contributed by atoms with van der Waals surface area (Å²) in [5, 5.41) is 7.29. The molecule has 0 aliphatic heterocycles. The van der Waals surface area contributed by atoms with E-state index in [0.717, 1.165) is 12.1 Å². The minimum Gasteiger partial charge on any atom is -0.457 e. The Morgan fingerprint density at radius 2 is 1.59 bits per heavy atom. The van der Waals surface area contributed by atoms with E-state index in [1.165, 1.54) is 25.4 Å². The second-order valence-corrected chi connectivity index (χ2v) is 6.46. The van der Waals surface area contributed by atoms with Gasteiger partial charge < -0.3 is 26.4 Å². The lowest BCUT2D eigenvalue weighted by molar-refractivity contribution is -0.136. The van der Waals surface area contributed by atoms with Crippen molar-refractivity contribution in [2.75, 3.05) is 23.4 Å². The second kappa shape index (κ2) is 9.25. The van der Waals surface area contributed by atoms with E-state index in [9.17, 15) is 22.8 Å². The molecule has 2 aromatic carbocycles. The highest BCUT2D eigenvalue weighted by atomic mass is 19.4. The molecule has 0 aliphatic rings. The van der Waals surface area contributed by atoms with Crippen LogP contribution in [0.5, 0.6) is 11.5 Å². The maximum Gasteiger partial charge on any atom is 0.418 e. The largest absolute Gasteiger partial charge is 0.457 e. The van der Waals surface area contributed by atoms with Gasteiger partial charge in [-0.25, -0.2) is 4.79 Å². The number of carbonyl (C=O) groups excluding carboxylic acids is 2. The molecule has 1 heterocycles. The second-order valence-electron chi connectivity index (χ2n) is 6.46. The number of ether oxygens (including phenoxy) is 1. The van der Waals surface area contributed by atoms with Gasteiger partial charge in [0.15, 0.2) is 0 Å². The Kier molecular flexibility index (Phi) is 6.47. The van der Waals surface area contributed by atoms with Gasteiger partial charge in [-0.2, -0.15) is 13.2 Å². The van der Waals surface area contributed by atoms with E-state index in [-0.39, 0.29) is 17.3 Å². The molecule has 0 saturated carbocycles. The number of urea groups is 1. The Hall–Kier alpha value is -4.28. The lowest BCUT2D eigenvalue weighted by Gasteiger charge is -2.13. The van der Waals surface area contributed by atoms with Crippen LogP contribution in [0.3, 0.4) is 0 Å². The van der Waals surface area contributed by atoms with Crippen LogP contribution in [-0.2, 0) is 6.18 Å². The minimum atomic E-state index is -4.63. The highest BCUT2D eigenvalue weighted by molar-refractivity contribution is 6.00. The van der Waals surface area contributed by atoms with Crippen LogP contribution < -0.4 is 26.4 Å². The van der Waals surface area contributed by atoms with Crippen LogP contribution in [0, 0.1) is 0 Å². The van der Waals surface area contributed by atoms with Crippen LogP contribution in [0.4, 0.5) is 35.0 Å². The van der Waals surface area contributed by atoms with Crippen LogP contribution in [-0.4, -0.2) is 24.0 Å². The van der Waals surface area contributed by atoms with Crippen molar-refractivity contribution in [3.63, 3.8) is 0 Å². The average Bonchev–Trinajstić information content (AvgIpc) is 2.75. The van der Waals surface area contributed by atoms with Gasteiger partial charge in [0.25, 0.3) is 5.91 Å². The molecular weight excluding hydrogens is 427 g/mol. The zero-order valence-electron chi connectivity index (χ0n) is 16.7. The van der Waals surface area contributed by atoms with E-state index in [2.05, 4.69) is 20.9 Å². The monoisotopic (exact) mass is 445 g/mol. The van der Waals surface area contributed by atoms with E-state index >= 15 is 0 Å². The first-order valence-electron chi connectivity index (χ1n) is 9.16. The van der Waals surface area contributed by atoms with Crippen molar-refractivity contribution in [2.24, 2.45) is 0 Å². The molecule has 1 aromatic heterocycles. The summed E-state index contributed by atoms with van der Waals surface area (Å²) in [6.07, 6.45) is -3.20. The minimum absolute atomic E-state index is 0.0615. The van der Waals surface area contributed by atoms with E-state index in [1.807, 2.05) is 0 Å². The topological polar surface area (TPSA) is 118 Å². The van der Waals surface area contributed by atoms with Gasteiger partial charge in [-0.05, 0) is 48.5 Å². The quantitative estimate of drug-likeness (QED) is 0.432. The van der Waals surface area contributed by atoms with E-state index in [1.54, 1.807) is 30.3 Å². The SMILES string of the molecule is CNC(=O)c1cc(Oc2ccc(NC(=O)Nc3ccc(N)c(C(F)(F)F)c3)cc2)ccn1. The summed E-state index contributed by atoms with van der Waals surface area (Å²) in [4.78, 5) is 27.7. The first kappa shape index (κ1) is 22.4. The maximum atomic E-state index is 12.9. The molecular formula is C21H18F3N5O3. The molecule has 0 aliphatic carbocycles. The van der Waals surface area contributed by atoms with Crippen molar-refractivity contribution in [3.8, 4) is 11.5 Å². The van der Waals surface area contributed by atoms with E-state index in [4.69, 9.17) is 10.5 Å².